The van der Waals surface area contributed by atoms with Crippen LogP contribution in [-0.2, 0) is 13.1 Å². The van der Waals surface area contributed by atoms with Crippen molar-refractivity contribution in [2.24, 2.45) is 11.8 Å². The van der Waals surface area contributed by atoms with Crippen molar-refractivity contribution < 1.29 is 0 Å². The number of tetrazole rings is 1. The summed E-state index contributed by atoms with van der Waals surface area (Å²) < 4.78 is 1.99. The van der Waals surface area contributed by atoms with Gasteiger partial charge in [0.25, 0.3) is 0 Å². The monoisotopic (exact) mass is 263 g/mol. The van der Waals surface area contributed by atoms with E-state index in [-0.39, 0.29) is 0 Å². The highest BCUT2D eigenvalue weighted by Gasteiger charge is 2.22. The first-order valence-electron chi connectivity index (χ1n) is 7.79. The molecule has 0 spiro atoms. The van der Waals surface area contributed by atoms with Gasteiger partial charge in [-0.05, 0) is 47.9 Å². The van der Waals surface area contributed by atoms with E-state index >= 15 is 0 Å². The van der Waals surface area contributed by atoms with Crippen molar-refractivity contribution in [1.82, 2.24) is 25.5 Å². The lowest BCUT2D eigenvalue weighted by Crippen LogP contribution is -2.21. The largest absolute Gasteiger partial charge is 0.307 e. The molecule has 106 valence electrons. The minimum atomic E-state index is 0.712. The first-order chi connectivity index (χ1) is 9.31. The van der Waals surface area contributed by atoms with Crippen LogP contribution in [0.25, 0.3) is 0 Å². The summed E-state index contributed by atoms with van der Waals surface area (Å²) in [5, 5.41) is 15.6. The Bertz CT molecular complexity index is 398. The second-order valence-corrected chi connectivity index (χ2v) is 6.40. The molecule has 19 heavy (non-hydrogen) atoms. The van der Waals surface area contributed by atoms with Gasteiger partial charge in [0.05, 0.1) is 6.54 Å². The van der Waals surface area contributed by atoms with Gasteiger partial charge < -0.3 is 5.32 Å². The van der Waals surface area contributed by atoms with Gasteiger partial charge in [-0.3, -0.25) is 0 Å². The molecule has 3 rings (SSSR count). The van der Waals surface area contributed by atoms with Crippen LogP contribution in [0.5, 0.6) is 0 Å². The van der Waals surface area contributed by atoms with Gasteiger partial charge in [0.2, 0.25) is 0 Å². The average Bonchev–Trinajstić information content (AvgIpc) is 3.13. The molecular formula is C14H25N5. The van der Waals surface area contributed by atoms with E-state index in [1.807, 2.05) is 4.68 Å². The lowest BCUT2D eigenvalue weighted by molar-refractivity contribution is 0.256. The third-order valence-corrected chi connectivity index (χ3v) is 4.53. The minimum Gasteiger partial charge on any atom is -0.307 e. The van der Waals surface area contributed by atoms with Crippen molar-refractivity contribution in [2.75, 3.05) is 0 Å². The molecule has 5 heteroatoms. The van der Waals surface area contributed by atoms with E-state index in [0.717, 1.165) is 30.7 Å². The normalized spacial score (nSPS) is 27.6. The molecule has 2 aliphatic rings. The number of hydrogen-bond acceptors (Lipinski definition) is 4. The second kappa shape index (κ2) is 5.99. The van der Waals surface area contributed by atoms with E-state index in [9.17, 15) is 0 Å². The number of hydrogen-bond donors (Lipinski definition) is 1. The molecule has 0 saturated heterocycles. The molecule has 0 aliphatic heterocycles. The Kier molecular flexibility index (Phi) is 4.11. The Labute approximate surface area is 115 Å². The topological polar surface area (TPSA) is 55.6 Å². The van der Waals surface area contributed by atoms with Crippen LogP contribution in [0, 0.1) is 11.8 Å². The maximum atomic E-state index is 4.13. The van der Waals surface area contributed by atoms with Crippen LogP contribution in [0.4, 0.5) is 0 Å². The third-order valence-electron chi connectivity index (χ3n) is 4.53. The van der Waals surface area contributed by atoms with E-state index in [1.165, 1.54) is 44.9 Å². The summed E-state index contributed by atoms with van der Waals surface area (Å²) in [6.45, 7) is 4.18. The zero-order chi connectivity index (χ0) is 13.1. The highest BCUT2D eigenvalue weighted by molar-refractivity contribution is 4.87. The highest BCUT2D eigenvalue weighted by atomic mass is 15.5. The molecule has 2 aliphatic carbocycles. The molecule has 0 aromatic carbocycles. The Morgan fingerprint density at radius 2 is 2.16 bits per heavy atom. The van der Waals surface area contributed by atoms with E-state index in [0.29, 0.717) is 6.04 Å². The fourth-order valence-corrected chi connectivity index (χ4v) is 3.17. The molecular weight excluding hydrogens is 238 g/mol. The van der Waals surface area contributed by atoms with Gasteiger partial charge in [-0.2, -0.15) is 0 Å². The molecule has 1 heterocycles. The maximum Gasteiger partial charge on any atom is 0.165 e. The fraction of sp³-hybridized carbons (Fsp3) is 0.929. The van der Waals surface area contributed by atoms with E-state index in [1.54, 1.807) is 0 Å². The van der Waals surface area contributed by atoms with Crippen LogP contribution in [0.1, 0.15) is 57.7 Å². The van der Waals surface area contributed by atoms with Crippen molar-refractivity contribution in [2.45, 2.75) is 71.0 Å². The Morgan fingerprint density at radius 1 is 1.26 bits per heavy atom. The van der Waals surface area contributed by atoms with Crippen LogP contribution in [-0.4, -0.2) is 26.2 Å². The molecule has 2 unspecified atom stereocenters. The van der Waals surface area contributed by atoms with Gasteiger partial charge in [-0.25, -0.2) is 4.68 Å². The zero-order valence-electron chi connectivity index (χ0n) is 11.9. The first kappa shape index (κ1) is 13.0. The van der Waals surface area contributed by atoms with Gasteiger partial charge in [-0.1, -0.05) is 26.2 Å². The molecule has 1 aromatic heterocycles. The SMILES string of the molecule is CC1CCCC(CCn2nnnc2CNC2CC2)C1. The molecule has 1 N–H and O–H groups in total. The molecule has 2 fully saturated rings. The quantitative estimate of drug-likeness (QED) is 0.854. The number of aryl methyl sites for hydroxylation is 1. The van der Waals surface area contributed by atoms with E-state index in [4.69, 9.17) is 0 Å². The molecule has 5 nitrogen and oxygen atoms in total. The molecule has 0 radical (unpaired) electrons. The lowest BCUT2D eigenvalue weighted by Gasteiger charge is -2.26. The van der Waals surface area contributed by atoms with Crippen molar-refractivity contribution in [3.63, 3.8) is 0 Å². The van der Waals surface area contributed by atoms with Crippen LogP contribution in [0.3, 0.4) is 0 Å². The number of nitrogens with zero attached hydrogens (tertiary/aromatic N) is 4. The van der Waals surface area contributed by atoms with Crippen molar-refractivity contribution in [1.29, 1.82) is 0 Å². The summed E-state index contributed by atoms with van der Waals surface area (Å²) in [7, 11) is 0. The van der Waals surface area contributed by atoms with Crippen LogP contribution >= 0.6 is 0 Å². The van der Waals surface area contributed by atoms with Crippen LogP contribution < -0.4 is 5.32 Å². The Balaban J connectivity index is 1.47. The predicted molar refractivity (Wildman–Crippen MR) is 73.4 cm³/mol. The Hall–Kier alpha value is -0.970. The zero-order valence-corrected chi connectivity index (χ0v) is 11.9. The minimum absolute atomic E-state index is 0.712. The second-order valence-electron chi connectivity index (χ2n) is 6.40. The summed E-state index contributed by atoms with van der Waals surface area (Å²) >= 11 is 0. The summed E-state index contributed by atoms with van der Waals surface area (Å²) in [5.41, 5.74) is 0. The summed E-state index contributed by atoms with van der Waals surface area (Å²) in [6, 6.07) is 0.712. The molecule has 1 aromatic rings. The van der Waals surface area contributed by atoms with Crippen molar-refractivity contribution >= 4 is 0 Å². The first-order valence-corrected chi connectivity index (χ1v) is 7.79. The maximum absolute atomic E-state index is 4.13. The number of aromatic nitrogens is 4. The number of rotatable bonds is 6. The molecule has 0 amide bonds. The van der Waals surface area contributed by atoms with E-state index < -0.39 is 0 Å². The summed E-state index contributed by atoms with van der Waals surface area (Å²) in [6.07, 6.45) is 9.43. The average molecular weight is 263 g/mol. The van der Waals surface area contributed by atoms with Crippen LogP contribution in [0.15, 0.2) is 0 Å². The van der Waals surface area contributed by atoms with Crippen molar-refractivity contribution in [3.8, 4) is 0 Å². The molecule has 2 atom stereocenters. The highest BCUT2D eigenvalue weighted by Crippen LogP contribution is 2.30. The standard InChI is InChI=1S/C14H25N5/c1-11-3-2-4-12(9-11)7-8-19-14(16-17-18-19)10-15-13-5-6-13/h11-13,15H,2-10H2,1H3. The van der Waals surface area contributed by atoms with Crippen molar-refractivity contribution in [3.05, 3.63) is 5.82 Å². The molecule has 2 saturated carbocycles. The van der Waals surface area contributed by atoms with Gasteiger partial charge in [0.15, 0.2) is 5.82 Å². The van der Waals surface area contributed by atoms with Gasteiger partial charge in [-0.15, -0.1) is 5.10 Å². The van der Waals surface area contributed by atoms with E-state index in [2.05, 4.69) is 27.8 Å². The predicted octanol–water partition coefficient (Wildman–Crippen LogP) is 2.14. The summed E-state index contributed by atoms with van der Waals surface area (Å²) in [5.74, 6) is 2.77. The fourth-order valence-electron chi connectivity index (χ4n) is 3.17. The van der Waals surface area contributed by atoms with Gasteiger partial charge >= 0.3 is 0 Å². The van der Waals surface area contributed by atoms with Gasteiger partial charge in [0.1, 0.15) is 0 Å². The van der Waals surface area contributed by atoms with Crippen LogP contribution in [0.2, 0.25) is 0 Å². The van der Waals surface area contributed by atoms with Gasteiger partial charge in [0, 0.05) is 12.6 Å². The smallest absolute Gasteiger partial charge is 0.165 e. The lowest BCUT2D eigenvalue weighted by atomic mass is 9.81. The number of nitrogens with one attached hydrogen (secondary N) is 1. The third kappa shape index (κ3) is 3.75. The molecule has 0 bridgehead atoms. The Morgan fingerprint density at radius 3 is 2.95 bits per heavy atom. The summed E-state index contributed by atoms with van der Waals surface area (Å²) in [4.78, 5) is 0.